The molecule has 88 valence electrons. The summed E-state index contributed by atoms with van der Waals surface area (Å²) in [4.78, 5) is 11.8. The molecule has 0 spiro atoms. The Morgan fingerprint density at radius 1 is 1.60 bits per heavy atom. The molecule has 0 saturated heterocycles. The Morgan fingerprint density at radius 2 is 2.33 bits per heavy atom. The monoisotopic (exact) mass is 214 g/mol. The standard InChI is InChI=1S/C11H22N2O2/c1-8(6-7-15-2)13-11(14)9-4-3-5-10(9)12/h8-10H,3-7,12H2,1-2H3,(H,13,14). The lowest BCUT2D eigenvalue weighted by atomic mass is 10.0. The molecule has 1 aliphatic carbocycles. The zero-order chi connectivity index (χ0) is 11.3. The van der Waals surface area contributed by atoms with Crippen LogP contribution in [0.2, 0.25) is 0 Å². The van der Waals surface area contributed by atoms with Crippen LogP contribution in [-0.4, -0.2) is 31.7 Å². The van der Waals surface area contributed by atoms with Crippen LogP contribution < -0.4 is 11.1 Å². The number of nitrogens with two attached hydrogens (primary N) is 1. The predicted octanol–water partition coefficient (Wildman–Crippen LogP) is 0.655. The first kappa shape index (κ1) is 12.5. The van der Waals surface area contributed by atoms with Crippen molar-refractivity contribution in [3.05, 3.63) is 0 Å². The summed E-state index contributed by atoms with van der Waals surface area (Å²) in [5.41, 5.74) is 5.87. The lowest BCUT2D eigenvalue weighted by Crippen LogP contribution is -2.42. The van der Waals surface area contributed by atoms with E-state index in [4.69, 9.17) is 10.5 Å². The highest BCUT2D eigenvalue weighted by Crippen LogP contribution is 2.24. The molecule has 1 rings (SSSR count). The van der Waals surface area contributed by atoms with E-state index in [1.54, 1.807) is 7.11 Å². The topological polar surface area (TPSA) is 64.3 Å². The zero-order valence-corrected chi connectivity index (χ0v) is 9.66. The van der Waals surface area contributed by atoms with Crippen molar-refractivity contribution in [1.29, 1.82) is 0 Å². The van der Waals surface area contributed by atoms with Gasteiger partial charge in [-0.1, -0.05) is 6.42 Å². The van der Waals surface area contributed by atoms with Crippen molar-refractivity contribution in [2.24, 2.45) is 11.7 Å². The van der Waals surface area contributed by atoms with Crippen molar-refractivity contribution in [3.8, 4) is 0 Å². The number of hydrogen-bond donors (Lipinski definition) is 2. The summed E-state index contributed by atoms with van der Waals surface area (Å²) in [6.45, 7) is 2.68. The van der Waals surface area contributed by atoms with Crippen LogP contribution in [0.3, 0.4) is 0 Å². The molecule has 4 heteroatoms. The second-order valence-corrected chi connectivity index (χ2v) is 4.39. The molecule has 1 aliphatic rings. The summed E-state index contributed by atoms with van der Waals surface area (Å²) in [6.07, 6.45) is 3.84. The Bertz CT molecular complexity index is 209. The highest BCUT2D eigenvalue weighted by Gasteiger charge is 2.30. The fourth-order valence-corrected chi connectivity index (χ4v) is 2.03. The highest BCUT2D eigenvalue weighted by molar-refractivity contribution is 5.79. The number of ether oxygens (including phenoxy) is 1. The van der Waals surface area contributed by atoms with Crippen LogP contribution in [0.15, 0.2) is 0 Å². The van der Waals surface area contributed by atoms with Crippen LogP contribution in [0.25, 0.3) is 0 Å². The normalized spacial score (nSPS) is 27.7. The van der Waals surface area contributed by atoms with Crippen molar-refractivity contribution in [1.82, 2.24) is 5.32 Å². The van der Waals surface area contributed by atoms with Crippen LogP contribution in [0, 0.1) is 5.92 Å². The van der Waals surface area contributed by atoms with Crippen molar-refractivity contribution in [2.75, 3.05) is 13.7 Å². The van der Waals surface area contributed by atoms with Crippen molar-refractivity contribution in [2.45, 2.75) is 44.7 Å². The SMILES string of the molecule is COCCC(C)NC(=O)C1CCCC1N. The Labute approximate surface area is 91.5 Å². The van der Waals surface area contributed by atoms with Crippen molar-refractivity contribution in [3.63, 3.8) is 0 Å². The molecular weight excluding hydrogens is 192 g/mol. The average molecular weight is 214 g/mol. The lowest BCUT2D eigenvalue weighted by Gasteiger charge is -2.19. The summed E-state index contributed by atoms with van der Waals surface area (Å²) in [5, 5.41) is 2.99. The van der Waals surface area contributed by atoms with Gasteiger partial charge in [-0.15, -0.1) is 0 Å². The molecule has 0 aromatic heterocycles. The first-order valence-corrected chi connectivity index (χ1v) is 5.70. The van der Waals surface area contributed by atoms with Gasteiger partial charge in [0.2, 0.25) is 5.91 Å². The third kappa shape index (κ3) is 3.80. The van der Waals surface area contributed by atoms with Gasteiger partial charge in [0.25, 0.3) is 0 Å². The van der Waals surface area contributed by atoms with Gasteiger partial charge >= 0.3 is 0 Å². The first-order valence-electron chi connectivity index (χ1n) is 5.70. The van der Waals surface area contributed by atoms with E-state index < -0.39 is 0 Å². The second-order valence-electron chi connectivity index (χ2n) is 4.39. The Hall–Kier alpha value is -0.610. The van der Waals surface area contributed by atoms with Gasteiger partial charge in [0.05, 0.1) is 5.92 Å². The van der Waals surface area contributed by atoms with Crippen LogP contribution in [0.1, 0.15) is 32.6 Å². The summed E-state index contributed by atoms with van der Waals surface area (Å²) < 4.78 is 4.96. The summed E-state index contributed by atoms with van der Waals surface area (Å²) >= 11 is 0. The van der Waals surface area contributed by atoms with E-state index in [-0.39, 0.29) is 23.9 Å². The van der Waals surface area contributed by atoms with Crippen LogP contribution in [-0.2, 0) is 9.53 Å². The Kier molecular flexibility index (Phi) is 5.05. The maximum Gasteiger partial charge on any atom is 0.224 e. The van der Waals surface area contributed by atoms with E-state index in [9.17, 15) is 4.79 Å². The largest absolute Gasteiger partial charge is 0.385 e. The number of hydrogen-bond acceptors (Lipinski definition) is 3. The second kappa shape index (κ2) is 6.08. The minimum atomic E-state index is 0.0231. The molecule has 0 aliphatic heterocycles. The minimum absolute atomic E-state index is 0.0231. The smallest absolute Gasteiger partial charge is 0.224 e. The molecule has 0 heterocycles. The van der Waals surface area contributed by atoms with Gasteiger partial charge in [0, 0.05) is 25.8 Å². The fraction of sp³-hybridized carbons (Fsp3) is 0.909. The third-order valence-corrected chi connectivity index (χ3v) is 3.05. The fourth-order valence-electron chi connectivity index (χ4n) is 2.03. The molecule has 0 aromatic carbocycles. The molecule has 1 amide bonds. The molecule has 1 fully saturated rings. The molecule has 1 saturated carbocycles. The van der Waals surface area contributed by atoms with Gasteiger partial charge in [-0.05, 0) is 26.2 Å². The molecule has 3 N–H and O–H groups in total. The molecule has 0 aromatic rings. The Balaban J connectivity index is 2.28. The molecular formula is C11H22N2O2. The molecule has 0 bridgehead atoms. The number of rotatable bonds is 5. The highest BCUT2D eigenvalue weighted by atomic mass is 16.5. The summed E-state index contributed by atoms with van der Waals surface area (Å²) in [5.74, 6) is 0.138. The first-order chi connectivity index (χ1) is 7.15. The molecule has 4 nitrogen and oxygen atoms in total. The van der Waals surface area contributed by atoms with Crippen LogP contribution in [0.5, 0.6) is 0 Å². The van der Waals surface area contributed by atoms with Gasteiger partial charge in [0.15, 0.2) is 0 Å². The van der Waals surface area contributed by atoms with Gasteiger partial charge < -0.3 is 15.8 Å². The Morgan fingerprint density at radius 3 is 2.87 bits per heavy atom. The number of carbonyl (C=O) groups excluding carboxylic acids is 1. The van der Waals surface area contributed by atoms with Crippen LogP contribution in [0.4, 0.5) is 0 Å². The third-order valence-electron chi connectivity index (χ3n) is 3.05. The van der Waals surface area contributed by atoms with Gasteiger partial charge in [-0.25, -0.2) is 0 Å². The van der Waals surface area contributed by atoms with E-state index in [2.05, 4.69) is 5.32 Å². The van der Waals surface area contributed by atoms with Gasteiger partial charge in [0.1, 0.15) is 0 Å². The zero-order valence-electron chi connectivity index (χ0n) is 9.66. The van der Waals surface area contributed by atoms with E-state index in [0.717, 1.165) is 25.7 Å². The minimum Gasteiger partial charge on any atom is -0.385 e. The quantitative estimate of drug-likeness (QED) is 0.706. The number of carbonyl (C=O) groups is 1. The summed E-state index contributed by atoms with van der Waals surface area (Å²) in [6, 6.07) is 0.227. The maximum absolute atomic E-state index is 11.8. The van der Waals surface area contributed by atoms with E-state index in [0.29, 0.717) is 6.61 Å². The van der Waals surface area contributed by atoms with Crippen molar-refractivity contribution >= 4 is 5.91 Å². The van der Waals surface area contributed by atoms with E-state index >= 15 is 0 Å². The lowest BCUT2D eigenvalue weighted by molar-refractivity contribution is -0.125. The molecule has 3 atom stereocenters. The van der Waals surface area contributed by atoms with Crippen molar-refractivity contribution < 1.29 is 9.53 Å². The maximum atomic E-state index is 11.8. The molecule has 15 heavy (non-hydrogen) atoms. The number of amides is 1. The summed E-state index contributed by atoms with van der Waals surface area (Å²) in [7, 11) is 1.67. The van der Waals surface area contributed by atoms with Gasteiger partial charge in [-0.2, -0.15) is 0 Å². The molecule has 0 radical (unpaired) electrons. The number of methoxy groups -OCH3 is 1. The predicted molar refractivity (Wildman–Crippen MR) is 59.4 cm³/mol. The van der Waals surface area contributed by atoms with E-state index in [1.165, 1.54) is 0 Å². The molecule has 3 unspecified atom stereocenters. The average Bonchev–Trinajstić information content (AvgIpc) is 2.61. The van der Waals surface area contributed by atoms with E-state index in [1.807, 2.05) is 6.92 Å². The van der Waals surface area contributed by atoms with Crippen LogP contribution >= 0.6 is 0 Å². The van der Waals surface area contributed by atoms with Gasteiger partial charge in [-0.3, -0.25) is 4.79 Å². The number of nitrogens with one attached hydrogen (secondary N) is 1.